The Bertz CT molecular complexity index is 1140. The van der Waals surface area contributed by atoms with E-state index in [0.717, 1.165) is 49.3 Å². The average Bonchev–Trinajstić information content (AvgIpc) is 3.48. The fourth-order valence-electron chi connectivity index (χ4n) is 4.84. The number of halogens is 3. The molecule has 13 heteroatoms. The van der Waals surface area contributed by atoms with Crippen LogP contribution in [0.5, 0.6) is 0 Å². The highest BCUT2D eigenvalue weighted by Gasteiger charge is 2.58. The molecule has 0 radical (unpaired) electrons. The van der Waals surface area contributed by atoms with Crippen LogP contribution in [0.15, 0.2) is 23.2 Å². The minimum Gasteiger partial charge on any atom is -0.382 e. The Morgan fingerprint density at radius 3 is 2.78 bits per heavy atom. The number of benzene rings is 1. The predicted octanol–water partition coefficient (Wildman–Crippen LogP) is 3.78. The lowest BCUT2D eigenvalue weighted by Crippen LogP contribution is -2.44. The highest BCUT2D eigenvalue weighted by Crippen LogP contribution is 2.47. The number of nitrogens with one attached hydrogen (secondary N) is 2. The molecular formula is C19H21Cl2FN4O4S2. The number of anilines is 2. The highest BCUT2D eigenvalue weighted by molar-refractivity contribution is 7.93. The van der Waals surface area contributed by atoms with Gasteiger partial charge in [0.1, 0.15) is 15.0 Å². The van der Waals surface area contributed by atoms with E-state index in [0.29, 0.717) is 36.3 Å². The second-order valence-corrected chi connectivity index (χ2v) is 11.9. The second kappa shape index (κ2) is 8.23. The quantitative estimate of drug-likeness (QED) is 0.596. The second-order valence-electron chi connectivity index (χ2n) is 8.22. The number of hydrogen-bond donors (Lipinski definition) is 2. The van der Waals surface area contributed by atoms with E-state index in [1.807, 2.05) is 0 Å². The highest BCUT2D eigenvalue weighted by atomic mass is 35.5. The Kier molecular flexibility index (Phi) is 5.80. The molecule has 3 saturated heterocycles. The van der Waals surface area contributed by atoms with Crippen molar-refractivity contribution < 1.29 is 22.3 Å². The molecule has 3 aliphatic rings. The Morgan fingerprint density at radius 2 is 2.06 bits per heavy atom. The van der Waals surface area contributed by atoms with Gasteiger partial charge in [-0.05, 0) is 31.5 Å². The summed E-state index contributed by atoms with van der Waals surface area (Å²) in [6, 6.07) is 2.20. The third-order valence-electron chi connectivity index (χ3n) is 6.20. The Hall–Kier alpha value is -1.21. The van der Waals surface area contributed by atoms with Crippen molar-refractivity contribution in [3.8, 4) is 0 Å². The summed E-state index contributed by atoms with van der Waals surface area (Å²) < 4.78 is 54.4. The van der Waals surface area contributed by atoms with Crippen molar-refractivity contribution in [1.82, 2.24) is 9.88 Å². The molecule has 32 heavy (non-hydrogen) atoms. The number of rotatable bonds is 6. The van der Waals surface area contributed by atoms with Crippen LogP contribution in [0.1, 0.15) is 19.3 Å². The Balaban J connectivity index is 1.34. The lowest BCUT2D eigenvalue weighted by atomic mass is 9.92. The summed E-state index contributed by atoms with van der Waals surface area (Å²) in [5.41, 5.74) is 0.149. The van der Waals surface area contributed by atoms with E-state index in [4.69, 9.17) is 32.7 Å². The first kappa shape index (κ1) is 22.6. The van der Waals surface area contributed by atoms with Gasteiger partial charge in [0.15, 0.2) is 10.9 Å². The van der Waals surface area contributed by atoms with Gasteiger partial charge in [0.2, 0.25) is 0 Å². The molecule has 0 unspecified atom stereocenters. The zero-order valence-corrected chi connectivity index (χ0v) is 20.0. The van der Waals surface area contributed by atoms with Crippen LogP contribution in [0, 0.1) is 5.82 Å². The number of nitrogens with zero attached hydrogens (tertiary/aromatic N) is 2. The predicted molar refractivity (Wildman–Crippen MR) is 121 cm³/mol. The van der Waals surface area contributed by atoms with E-state index in [1.54, 1.807) is 0 Å². The van der Waals surface area contributed by atoms with E-state index in [1.165, 1.54) is 6.20 Å². The fourth-order valence-corrected chi connectivity index (χ4v) is 7.28. The van der Waals surface area contributed by atoms with Gasteiger partial charge in [-0.2, -0.15) is 0 Å². The summed E-state index contributed by atoms with van der Waals surface area (Å²) in [4.78, 5) is 5.63. The van der Waals surface area contributed by atoms with Crippen LogP contribution in [-0.2, 0) is 19.5 Å². The van der Waals surface area contributed by atoms with Crippen LogP contribution >= 0.6 is 34.5 Å². The molecule has 8 nitrogen and oxygen atoms in total. The first-order chi connectivity index (χ1) is 15.2. The molecule has 2 N–H and O–H groups in total. The summed E-state index contributed by atoms with van der Waals surface area (Å²) in [7, 11) is -4.22. The molecule has 5 rings (SSSR count). The molecule has 1 spiro atoms. The molecule has 3 fully saturated rings. The molecule has 0 bridgehead atoms. The molecular weight excluding hydrogens is 502 g/mol. The maximum Gasteiger partial charge on any atom is 0.266 e. The van der Waals surface area contributed by atoms with Crippen LogP contribution in [0.25, 0.3) is 0 Å². The SMILES string of the molecule is O=S(=O)(Nc1ncc(Cl)s1)c1cc(Cl)c(NC[C@]23CCCN2CC2(C3)OCCO2)cc1F. The zero-order chi connectivity index (χ0) is 22.6. The largest absolute Gasteiger partial charge is 0.382 e. The Morgan fingerprint density at radius 1 is 1.28 bits per heavy atom. The lowest BCUT2D eigenvalue weighted by Gasteiger charge is -2.32. The zero-order valence-electron chi connectivity index (χ0n) is 16.9. The average molecular weight is 523 g/mol. The summed E-state index contributed by atoms with van der Waals surface area (Å²) in [5, 5.41) is 3.37. The monoisotopic (exact) mass is 522 g/mol. The van der Waals surface area contributed by atoms with Crippen molar-refractivity contribution in [3.05, 3.63) is 33.5 Å². The van der Waals surface area contributed by atoms with Gasteiger partial charge in [-0.1, -0.05) is 34.5 Å². The van der Waals surface area contributed by atoms with Crippen molar-refractivity contribution in [2.24, 2.45) is 0 Å². The van der Waals surface area contributed by atoms with Gasteiger partial charge in [-0.3, -0.25) is 9.62 Å². The summed E-state index contributed by atoms with van der Waals surface area (Å²) >= 11 is 13.1. The van der Waals surface area contributed by atoms with Crippen molar-refractivity contribution in [3.63, 3.8) is 0 Å². The Labute approximate surface area is 199 Å². The van der Waals surface area contributed by atoms with Crippen molar-refractivity contribution in [2.75, 3.05) is 42.9 Å². The first-order valence-electron chi connectivity index (χ1n) is 10.1. The maximum absolute atomic E-state index is 14.8. The maximum atomic E-state index is 14.8. The molecule has 2 aromatic rings. The minimum absolute atomic E-state index is 0.0414. The molecule has 3 aliphatic heterocycles. The third kappa shape index (κ3) is 4.08. The smallest absolute Gasteiger partial charge is 0.266 e. The number of aromatic nitrogens is 1. The van der Waals surface area contributed by atoms with Crippen LogP contribution < -0.4 is 10.0 Å². The van der Waals surface area contributed by atoms with E-state index in [-0.39, 0.29) is 15.7 Å². The van der Waals surface area contributed by atoms with E-state index < -0.39 is 26.5 Å². The molecule has 0 aliphatic carbocycles. The van der Waals surface area contributed by atoms with Crippen LogP contribution in [0.4, 0.5) is 15.2 Å². The van der Waals surface area contributed by atoms with E-state index in [9.17, 15) is 12.8 Å². The van der Waals surface area contributed by atoms with Gasteiger partial charge < -0.3 is 14.8 Å². The first-order valence-corrected chi connectivity index (χ1v) is 13.2. The number of thiazole rings is 1. The van der Waals surface area contributed by atoms with Crippen molar-refractivity contribution in [1.29, 1.82) is 0 Å². The molecule has 174 valence electrons. The van der Waals surface area contributed by atoms with Gasteiger partial charge in [0.25, 0.3) is 10.0 Å². The summed E-state index contributed by atoms with van der Waals surface area (Å²) in [6.07, 6.45) is 4.05. The van der Waals surface area contributed by atoms with Gasteiger partial charge in [-0.15, -0.1) is 0 Å². The van der Waals surface area contributed by atoms with Gasteiger partial charge in [0.05, 0.1) is 36.7 Å². The van der Waals surface area contributed by atoms with E-state index in [2.05, 4.69) is 19.9 Å². The summed E-state index contributed by atoms with van der Waals surface area (Å²) in [6.45, 7) is 3.35. The van der Waals surface area contributed by atoms with Crippen LogP contribution in [0.3, 0.4) is 0 Å². The molecule has 0 saturated carbocycles. The topological polar surface area (TPSA) is 92.8 Å². The molecule has 4 heterocycles. The van der Waals surface area contributed by atoms with Crippen LogP contribution in [-0.4, -0.2) is 62.5 Å². The summed E-state index contributed by atoms with van der Waals surface area (Å²) in [5.74, 6) is -1.49. The molecule has 0 amide bonds. The normalized spacial score (nSPS) is 24.8. The van der Waals surface area contributed by atoms with E-state index >= 15 is 0 Å². The molecule has 1 aromatic heterocycles. The molecule has 1 aromatic carbocycles. The molecule has 1 atom stereocenters. The van der Waals surface area contributed by atoms with Gasteiger partial charge >= 0.3 is 0 Å². The standard InChI is InChI=1S/C19H21Cl2FN4O4S2/c20-12-6-15(32(27,28)25-17-23-8-16(21)31-17)13(22)7-14(12)24-10-18-2-1-3-26(18)11-19(9-18)29-4-5-30-19/h6-8,24H,1-5,9-11H2,(H,23,25)/t18-/m1/s1. The number of fused-ring (bicyclic) bond motifs is 1. The van der Waals surface area contributed by atoms with Crippen molar-refractivity contribution in [2.45, 2.75) is 35.5 Å². The number of hydrogen-bond acceptors (Lipinski definition) is 8. The fraction of sp³-hybridized carbons (Fsp3) is 0.526. The number of ether oxygens (including phenoxy) is 2. The third-order valence-corrected chi connectivity index (χ3v) is 9.03. The number of sulfonamides is 1. The van der Waals surface area contributed by atoms with Crippen LogP contribution in [0.2, 0.25) is 9.36 Å². The van der Waals surface area contributed by atoms with Crippen molar-refractivity contribution >= 4 is 55.4 Å². The minimum atomic E-state index is -4.22. The van der Waals surface area contributed by atoms with Gasteiger partial charge in [-0.25, -0.2) is 17.8 Å². The van der Waals surface area contributed by atoms with Gasteiger partial charge in [0, 0.05) is 18.5 Å². The lowest BCUT2D eigenvalue weighted by molar-refractivity contribution is -0.147.